The lowest BCUT2D eigenvalue weighted by atomic mass is 10.3. The van der Waals surface area contributed by atoms with Crippen LogP contribution >= 0.6 is 0 Å². The second-order valence-electron chi connectivity index (χ2n) is 2.05. The summed E-state index contributed by atoms with van der Waals surface area (Å²) in [6.45, 7) is 1.91. The molecule has 0 saturated carbocycles. The van der Waals surface area contributed by atoms with E-state index in [9.17, 15) is 4.79 Å². The lowest BCUT2D eigenvalue weighted by molar-refractivity contribution is 0.0690. The van der Waals surface area contributed by atoms with Gasteiger partial charge in [-0.2, -0.15) is 0 Å². The zero-order valence-electron chi connectivity index (χ0n) is 6.11. The van der Waals surface area contributed by atoms with Gasteiger partial charge in [0.25, 0.3) is 0 Å². The Labute approximate surface area is 63.9 Å². The zero-order chi connectivity index (χ0) is 8.27. The molecule has 58 valence electrons. The van der Waals surface area contributed by atoms with Crippen molar-refractivity contribution >= 4 is 5.97 Å². The van der Waals surface area contributed by atoms with E-state index in [2.05, 4.69) is 9.97 Å². The Balaban J connectivity index is 3.01. The number of rotatable bonds is 2. The molecular formula is C7H8N2O2. The Morgan fingerprint density at radius 2 is 2.36 bits per heavy atom. The Kier molecular flexibility index (Phi) is 2.15. The summed E-state index contributed by atoms with van der Waals surface area (Å²) in [5.74, 6) is -1.01. The summed E-state index contributed by atoms with van der Waals surface area (Å²) in [4.78, 5) is 17.8. The molecule has 4 heteroatoms. The predicted octanol–water partition coefficient (Wildman–Crippen LogP) is 0.737. The number of aryl methyl sites for hydroxylation is 1. The fourth-order valence-corrected chi connectivity index (χ4v) is 0.708. The maximum atomic E-state index is 10.4. The SMILES string of the molecule is CCc1cc(C(=O)O)ncn1. The van der Waals surface area contributed by atoms with Gasteiger partial charge < -0.3 is 5.11 Å². The van der Waals surface area contributed by atoms with Crippen LogP contribution in [0.4, 0.5) is 0 Å². The number of carboxylic acid groups (broad SMARTS) is 1. The fourth-order valence-electron chi connectivity index (χ4n) is 0.708. The van der Waals surface area contributed by atoms with Crippen molar-refractivity contribution in [1.82, 2.24) is 9.97 Å². The second-order valence-corrected chi connectivity index (χ2v) is 2.05. The van der Waals surface area contributed by atoms with Crippen LogP contribution in [-0.2, 0) is 6.42 Å². The molecule has 1 aromatic rings. The maximum Gasteiger partial charge on any atom is 0.354 e. The van der Waals surface area contributed by atoms with E-state index in [1.165, 1.54) is 12.4 Å². The van der Waals surface area contributed by atoms with Crippen molar-refractivity contribution < 1.29 is 9.90 Å². The number of carboxylic acids is 1. The van der Waals surface area contributed by atoms with Crippen LogP contribution in [0, 0.1) is 0 Å². The molecule has 0 spiro atoms. The lowest BCUT2D eigenvalue weighted by Crippen LogP contribution is -2.02. The molecule has 0 aliphatic carbocycles. The Hall–Kier alpha value is -1.45. The normalized spacial score (nSPS) is 9.55. The fraction of sp³-hybridized carbons (Fsp3) is 0.286. The Morgan fingerprint density at radius 1 is 1.64 bits per heavy atom. The standard InChI is InChI=1S/C7H8N2O2/c1-2-5-3-6(7(10)11)9-4-8-5/h3-4H,2H2,1H3,(H,10,11). The molecule has 0 saturated heterocycles. The molecule has 11 heavy (non-hydrogen) atoms. The zero-order valence-corrected chi connectivity index (χ0v) is 6.11. The summed E-state index contributed by atoms with van der Waals surface area (Å²) >= 11 is 0. The van der Waals surface area contributed by atoms with Gasteiger partial charge in [0.1, 0.15) is 6.33 Å². The summed E-state index contributed by atoms with van der Waals surface area (Å²) < 4.78 is 0. The minimum absolute atomic E-state index is 0.0526. The van der Waals surface area contributed by atoms with Gasteiger partial charge in [0, 0.05) is 5.69 Å². The monoisotopic (exact) mass is 152 g/mol. The maximum absolute atomic E-state index is 10.4. The number of hydrogen-bond donors (Lipinski definition) is 1. The van der Waals surface area contributed by atoms with Gasteiger partial charge in [-0.25, -0.2) is 14.8 Å². The first-order valence-electron chi connectivity index (χ1n) is 3.28. The van der Waals surface area contributed by atoms with Crippen LogP contribution in [-0.4, -0.2) is 21.0 Å². The summed E-state index contributed by atoms with van der Waals surface area (Å²) in [6.07, 6.45) is 1.99. The minimum Gasteiger partial charge on any atom is -0.477 e. The average molecular weight is 152 g/mol. The van der Waals surface area contributed by atoms with Gasteiger partial charge in [0.05, 0.1) is 0 Å². The predicted molar refractivity (Wildman–Crippen MR) is 38.4 cm³/mol. The average Bonchev–Trinajstić information content (AvgIpc) is 2.05. The molecule has 4 nitrogen and oxygen atoms in total. The molecule has 0 fully saturated rings. The van der Waals surface area contributed by atoms with Crippen molar-refractivity contribution in [3.05, 3.63) is 23.8 Å². The van der Waals surface area contributed by atoms with Gasteiger partial charge in [0.15, 0.2) is 5.69 Å². The summed E-state index contributed by atoms with van der Waals surface area (Å²) in [5.41, 5.74) is 0.800. The van der Waals surface area contributed by atoms with E-state index < -0.39 is 5.97 Å². The smallest absolute Gasteiger partial charge is 0.354 e. The van der Waals surface area contributed by atoms with E-state index >= 15 is 0 Å². The van der Waals surface area contributed by atoms with Crippen molar-refractivity contribution in [2.24, 2.45) is 0 Å². The molecule has 0 aromatic carbocycles. The molecule has 0 bridgehead atoms. The molecule has 1 rings (SSSR count). The third-order valence-corrected chi connectivity index (χ3v) is 1.31. The largest absolute Gasteiger partial charge is 0.477 e. The van der Waals surface area contributed by atoms with Crippen molar-refractivity contribution in [2.75, 3.05) is 0 Å². The highest BCUT2D eigenvalue weighted by atomic mass is 16.4. The second kappa shape index (κ2) is 3.09. The first-order chi connectivity index (χ1) is 5.24. The van der Waals surface area contributed by atoms with Crippen LogP contribution in [0.3, 0.4) is 0 Å². The van der Waals surface area contributed by atoms with Crippen LogP contribution in [0.1, 0.15) is 23.1 Å². The van der Waals surface area contributed by atoms with Gasteiger partial charge in [-0.1, -0.05) is 6.92 Å². The van der Waals surface area contributed by atoms with E-state index in [1.54, 1.807) is 0 Å². The lowest BCUT2D eigenvalue weighted by Gasteiger charge is -1.95. The summed E-state index contributed by atoms with van der Waals surface area (Å²) in [5, 5.41) is 8.51. The highest BCUT2D eigenvalue weighted by Gasteiger charge is 2.03. The highest BCUT2D eigenvalue weighted by Crippen LogP contribution is 1.97. The Morgan fingerprint density at radius 3 is 2.91 bits per heavy atom. The quantitative estimate of drug-likeness (QED) is 0.678. The first-order valence-corrected chi connectivity index (χ1v) is 3.28. The Bertz CT molecular complexity index is 273. The first kappa shape index (κ1) is 7.65. The van der Waals surface area contributed by atoms with E-state index in [0.717, 1.165) is 12.1 Å². The number of aromatic carboxylic acids is 1. The third-order valence-electron chi connectivity index (χ3n) is 1.31. The molecule has 0 amide bonds. The topological polar surface area (TPSA) is 63.1 Å². The molecule has 0 unspecified atom stereocenters. The highest BCUT2D eigenvalue weighted by molar-refractivity contribution is 5.85. The van der Waals surface area contributed by atoms with Gasteiger partial charge >= 0.3 is 5.97 Å². The summed E-state index contributed by atoms with van der Waals surface area (Å²) in [6, 6.07) is 1.47. The molecule has 1 N–H and O–H groups in total. The van der Waals surface area contributed by atoms with Crippen LogP contribution in [0.15, 0.2) is 12.4 Å². The van der Waals surface area contributed by atoms with Crippen LogP contribution in [0.25, 0.3) is 0 Å². The van der Waals surface area contributed by atoms with E-state index in [4.69, 9.17) is 5.11 Å². The van der Waals surface area contributed by atoms with Gasteiger partial charge in [-0.15, -0.1) is 0 Å². The molecule has 1 aromatic heterocycles. The van der Waals surface area contributed by atoms with E-state index in [1.807, 2.05) is 6.92 Å². The van der Waals surface area contributed by atoms with Gasteiger partial charge in [-0.05, 0) is 12.5 Å². The minimum atomic E-state index is -1.01. The molecule has 0 aliphatic heterocycles. The third kappa shape index (κ3) is 1.73. The molecule has 0 atom stereocenters. The van der Waals surface area contributed by atoms with Gasteiger partial charge in [0.2, 0.25) is 0 Å². The van der Waals surface area contributed by atoms with Crippen molar-refractivity contribution in [3.8, 4) is 0 Å². The number of nitrogens with zero attached hydrogens (tertiary/aromatic N) is 2. The number of carbonyl (C=O) groups is 1. The number of aromatic nitrogens is 2. The van der Waals surface area contributed by atoms with E-state index in [0.29, 0.717) is 0 Å². The van der Waals surface area contributed by atoms with Gasteiger partial charge in [-0.3, -0.25) is 0 Å². The number of hydrogen-bond acceptors (Lipinski definition) is 3. The van der Waals surface area contributed by atoms with Crippen molar-refractivity contribution in [3.63, 3.8) is 0 Å². The summed E-state index contributed by atoms with van der Waals surface area (Å²) in [7, 11) is 0. The van der Waals surface area contributed by atoms with E-state index in [-0.39, 0.29) is 5.69 Å². The molecule has 0 aliphatic rings. The van der Waals surface area contributed by atoms with Crippen molar-refractivity contribution in [1.29, 1.82) is 0 Å². The molecule has 1 heterocycles. The molecular weight excluding hydrogens is 144 g/mol. The van der Waals surface area contributed by atoms with Crippen LogP contribution in [0.2, 0.25) is 0 Å². The van der Waals surface area contributed by atoms with Crippen LogP contribution in [0.5, 0.6) is 0 Å². The molecule has 0 radical (unpaired) electrons. The van der Waals surface area contributed by atoms with Crippen molar-refractivity contribution in [2.45, 2.75) is 13.3 Å². The van der Waals surface area contributed by atoms with Crippen LogP contribution < -0.4 is 0 Å².